The summed E-state index contributed by atoms with van der Waals surface area (Å²) in [5, 5.41) is 11.1. The molecule has 27 heavy (non-hydrogen) atoms. The zero-order chi connectivity index (χ0) is 19.6. The largest absolute Gasteiger partial charge is 0.446 e. The molecule has 0 fully saturated rings. The van der Waals surface area contributed by atoms with Crippen LogP contribution in [0, 0.1) is 11.6 Å². The summed E-state index contributed by atoms with van der Waals surface area (Å²) < 4.78 is 32.4. The monoisotopic (exact) mass is 396 g/mol. The standard InChI is InChI=1S/C17H15ClF2N4O3/c18-15-10(19)3-8(4-11(15)20)12-1-2-13(23-12)16(26)24-14(5-21)17-22-9(6-25)7-27-17/h1-4,7,14,23,25H,5-6,21H2,(H,24,26)/t14-/m1/s1. The molecule has 5 N–H and O–H groups in total. The van der Waals surface area contributed by atoms with Crippen molar-refractivity contribution in [1.82, 2.24) is 15.3 Å². The number of hydrogen-bond donors (Lipinski definition) is 4. The summed E-state index contributed by atoms with van der Waals surface area (Å²) in [5.41, 5.74) is 6.63. The fourth-order valence-electron chi connectivity index (χ4n) is 2.42. The fraction of sp³-hybridized carbons (Fsp3) is 0.176. The van der Waals surface area contributed by atoms with Crippen LogP contribution in [0.25, 0.3) is 11.3 Å². The summed E-state index contributed by atoms with van der Waals surface area (Å²) in [4.78, 5) is 19.2. The first kappa shape index (κ1) is 19.0. The van der Waals surface area contributed by atoms with Crippen LogP contribution in [-0.4, -0.2) is 27.5 Å². The Kier molecular flexibility index (Phi) is 5.54. The second-order valence-corrected chi connectivity index (χ2v) is 6.01. The molecule has 2 aromatic heterocycles. The van der Waals surface area contributed by atoms with Crippen LogP contribution in [0.5, 0.6) is 0 Å². The topological polar surface area (TPSA) is 117 Å². The van der Waals surface area contributed by atoms with Crippen molar-refractivity contribution in [3.63, 3.8) is 0 Å². The van der Waals surface area contributed by atoms with Crippen molar-refractivity contribution in [2.45, 2.75) is 12.6 Å². The van der Waals surface area contributed by atoms with Crippen LogP contribution < -0.4 is 11.1 Å². The van der Waals surface area contributed by atoms with Gasteiger partial charge in [0, 0.05) is 17.8 Å². The van der Waals surface area contributed by atoms with Crippen molar-refractivity contribution < 1.29 is 23.1 Å². The number of nitrogens with two attached hydrogens (primary N) is 1. The van der Waals surface area contributed by atoms with E-state index in [1.54, 1.807) is 0 Å². The maximum absolute atomic E-state index is 13.6. The third-order valence-electron chi connectivity index (χ3n) is 3.80. The Bertz CT molecular complexity index is 950. The van der Waals surface area contributed by atoms with Gasteiger partial charge in [0.2, 0.25) is 5.89 Å². The number of rotatable bonds is 6. The number of aliphatic hydroxyl groups excluding tert-OH is 1. The van der Waals surface area contributed by atoms with E-state index in [1.165, 1.54) is 18.4 Å². The fourth-order valence-corrected chi connectivity index (χ4v) is 2.53. The molecule has 10 heteroatoms. The Morgan fingerprint density at radius 3 is 2.67 bits per heavy atom. The molecule has 0 aliphatic carbocycles. The van der Waals surface area contributed by atoms with Crippen LogP contribution in [-0.2, 0) is 6.61 Å². The van der Waals surface area contributed by atoms with Gasteiger partial charge in [0.05, 0.1) is 6.61 Å². The zero-order valence-electron chi connectivity index (χ0n) is 13.8. The van der Waals surface area contributed by atoms with Crippen LogP contribution in [0.1, 0.15) is 28.1 Å². The molecule has 2 heterocycles. The van der Waals surface area contributed by atoms with Gasteiger partial charge in [-0.25, -0.2) is 13.8 Å². The van der Waals surface area contributed by atoms with Crippen LogP contribution in [0.15, 0.2) is 34.9 Å². The van der Waals surface area contributed by atoms with Gasteiger partial charge in [-0.05, 0) is 24.3 Å². The zero-order valence-corrected chi connectivity index (χ0v) is 14.6. The molecule has 7 nitrogen and oxygen atoms in total. The molecule has 0 saturated heterocycles. The normalized spacial score (nSPS) is 12.2. The van der Waals surface area contributed by atoms with Crippen LogP contribution in [0.2, 0.25) is 5.02 Å². The SMILES string of the molecule is NC[C@@H](NC(=O)c1ccc(-c2cc(F)c(Cl)c(F)c2)[nH]1)c1nc(CO)co1. The molecule has 0 aliphatic heterocycles. The Morgan fingerprint density at radius 1 is 1.37 bits per heavy atom. The van der Waals surface area contributed by atoms with Gasteiger partial charge in [-0.3, -0.25) is 4.79 Å². The maximum Gasteiger partial charge on any atom is 0.268 e. The Morgan fingerprint density at radius 2 is 2.07 bits per heavy atom. The van der Waals surface area contributed by atoms with E-state index in [0.717, 1.165) is 12.1 Å². The minimum absolute atomic E-state index is 0.0122. The lowest BCUT2D eigenvalue weighted by atomic mass is 10.1. The molecule has 1 aromatic carbocycles. The molecule has 0 radical (unpaired) electrons. The highest BCUT2D eigenvalue weighted by molar-refractivity contribution is 6.31. The predicted octanol–water partition coefficient (Wildman–Crippen LogP) is 2.52. The lowest BCUT2D eigenvalue weighted by Crippen LogP contribution is -2.33. The smallest absolute Gasteiger partial charge is 0.268 e. The van der Waals surface area contributed by atoms with Crippen molar-refractivity contribution in [2.24, 2.45) is 5.73 Å². The Hall–Kier alpha value is -2.75. The number of nitrogens with one attached hydrogen (secondary N) is 2. The lowest BCUT2D eigenvalue weighted by Gasteiger charge is -2.12. The van der Waals surface area contributed by atoms with E-state index in [4.69, 9.17) is 26.9 Å². The second kappa shape index (κ2) is 7.87. The molecule has 0 aliphatic rings. The number of carbonyl (C=O) groups excluding carboxylic acids is 1. The number of benzene rings is 1. The van der Waals surface area contributed by atoms with Crippen molar-refractivity contribution in [3.05, 3.63) is 64.5 Å². The average molecular weight is 397 g/mol. The van der Waals surface area contributed by atoms with Crippen molar-refractivity contribution in [3.8, 4) is 11.3 Å². The molecule has 1 atom stereocenters. The highest BCUT2D eigenvalue weighted by Crippen LogP contribution is 2.27. The van der Waals surface area contributed by atoms with Crippen molar-refractivity contribution in [1.29, 1.82) is 0 Å². The van der Waals surface area contributed by atoms with Gasteiger partial charge in [0.25, 0.3) is 5.91 Å². The number of carbonyl (C=O) groups is 1. The summed E-state index contributed by atoms with van der Waals surface area (Å²) in [7, 11) is 0. The van der Waals surface area contributed by atoms with Crippen LogP contribution >= 0.6 is 11.6 Å². The quantitative estimate of drug-likeness (QED) is 0.478. The summed E-state index contributed by atoms with van der Waals surface area (Å²) in [6, 6.07) is 4.37. The number of nitrogens with zero attached hydrogens (tertiary/aromatic N) is 1. The Labute approximate surface area is 157 Å². The summed E-state index contributed by atoms with van der Waals surface area (Å²) in [5.74, 6) is -2.17. The first-order valence-corrected chi connectivity index (χ1v) is 8.20. The highest BCUT2D eigenvalue weighted by Gasteiger charge is 2.20. The van der Waals surface area contributed by atoms with Crippen LogP contribution in [0.3, 0.4) is 0 Å². The van der Waals surface area contributed by atoms with E-state index < -0.39 is 28.6 Å². The molecule has 0 bridgehead atoms. The van der Waals surface area contributed by atoms with Crippen molar-refractivity contribution >= 4 is 17.5 Å². The Balaban J connectivity index is 1.78. The third kappa shape index (κ3) is 4.00. The lowest BCUT2D eigenvalue weighted by molar-refractivity contribution is 0.0927. The predicted molar refractivity (Wildman–Crippen MR) is 92.8 cm³/mol. The number of amides is 1. The maximum atomic E-state index is 13.6. The van der Waals surface area contributed by atoms with Gasteiger partial charge in [0.15, 0.2) is 0 Å². The summed E-state index contributed by atoms with van der Waals surface area (Å²) in [6.07, 6.45) is 1.26. The second-order valence-electron chi connectivity index (χ2n) is 5.64. The average Bonchev–Trinajstić information content (AvgIpc) is 3.33. The van der Waals surface area contributed by atoms with Gasteiger partial charge in [-0.2, -0.15) is 0 Å². The number of hydrogen-bond acceptors (Lipinski definition) is 5. The van der Waals surface area contributed by atoms with Crippen LogP contribution in [0.4, 0.5) is 8.78 Å². The van der Waals surface area contributed by atoms with Crippen molar-refractivity contribution in [2.75, 3.05) is 6.54 Å². The van der Waals surface area contributed by atoms with E-state index in [9.17, 15) is 13.6 Å². The molecular formula is C17H15ClF2N4O3. The number of aliphatic hydroxyl groups is 1. The molecule has 142 valence electrons. The number of aromatic nitrogens is 2. The summed E-state index contributed by atoms with van der Waals surface area (Å²) in [6.45, 7) is -0.290. The minimum Gasteiger partial charge on any atom is -0.446 e. The molecule has 0 saturated carbocycles. The molecule has 1 amide bonds. The van der Waals surface area contributed by atoms with E-state index in [-0.39, 0.29) is 30.3 Å². The van der Waals surface area contributed by atoms with Gasteiger partial charge in [0.1, 0.15) is 40.3 Å². The number of aromatic amines is 1. The van der Waals surface area contributed by atoms with E-state index >= 15 is 0 Å². The number of H-pyrrole nitrogens is 1. The molecule has 0 unspecified atom stereocenters. The molecule has 0 spiro atoms. The number of halogens is 3. The van der Waals surface area contributed by atoms with E-state index in [0.29, 0.717) is 11.4 Å². The van der Waals surface area contributed by atoms with Gasteiger partial charge < -0.3 is 25.6 Å². The van der Waals surface area contributed by atoms with E-state index in [2.05, 4.69) is 15.3 Å². The molecule has 3 aromatic rings. The number of oxazole rings is 1. The minimum atomic E-state index is -0.904. The van der Waals surface area contributed by atoms with Gasteiger partial charge in [-0.1, -0.05) is 11.6 Å². The third-order valence-corrected chi connectivity index (χ3v) is 4.16. The molecular weight excluding hydrogens is 382 g/mol. The first-order chi connectivity index (χ1) is 12.9. The summed E-state index contributed by atoms with van der Waals surface area (Å²) >= 11 is 5.47. The van der Waals surface area contributed by atoms with Gasteiger partial charge in [-0.15, -0.1) is 0 Å². The first-order valence-electron chi connectivity index (χ1n) is 7.83. The van der Waals surface area contributed by atoms with Gasteiger partial charge >= 0.3 is 0 Å². The highest BCUT2D eigenvalue weighted by atomic mass is 35.5. The van der Waals surface area contributed by atoms with E-state index in [1.807, 2.05) is 0 Å². The molecule has 3 rings (SSSR count).